The minimum Gasteiger partial charge on any atom is -0.335 e. The van der Waals surface area contributed by atoms with Crippen LogP contribution in [-0.4, -0.2) is 58.1 Å². The largest absolute Gasteiger partial charge is 0.335 e. The van der Waals surface area contributed by atoms with E-state index in [-0.39, 0.29) is 17.6 Å². The highest BCUT2D eigenvalue weighted by atomic mass is 16.2. The standard InChI is InChI=1S/C16H25N5O2/c1-19(2)12-5-4-11(8-12)18-16(23)21-7-6-13-14(9-21)17-10-20(3)15(13)22/h10-12H,4-9H2,1-3H3,(H,18,23)/t11-,12+/m1/s1. The van der Waals surface area contributed by atoms with Crippen LogP contribution in [0.2, 0.25) is 0 Å². The zero-order chi connectivity index (χ0) is 16.6. The number of fused-ring (bicyclic) bond motifs is 1. The Morgan fingerprint density at radius 1 is 1.39 bits per heavy atom. The maximum absolute atomic E-state index is 12.5. The Morgan fingerprint density at radius 2 is 2.17 bits per heavy atom. The van der Waals surface area contributed by atoms with Gasteiger partial charge >= 0.3 is 6.03 Å². The second-order valence-electron chi connectivity index (χ2n) is 6.83. The van der Waals surface area contributed by atoms with E-state index in [2.05, 4.69) is 29.3 Å². The monoisotopic (exact) mass is 319 g/mol. The van der Waals surface area contributed by atoms with E-state index >= 15 is 0 Å². The maximum atomic E-state index is 12.5. The van der Waals surface area contributed by atoms with E-state index in [4.69, 9.17) is 0 Å². The van der Waals surface area contributed by atoms with Crippen LogP contribution in [0, 0.1) is 0 Å². The smallest absolute Gasteiger partial charge is 0.317 e. The topological polar surface area (TPSA) is 70.5 Å². The molecule has 1 N–H and O–H groups in total. The first-order chi connectivity index (χ1) is 11.0. The Bertz CT molecular complexity index is 654. The van der Waals surface area contributed by atoms with Gasteiger partial charge in [0.2, 0.25) is 0 Å². The van der Waals surface area contributed by atoms with Gasteiger partial charge in [0.15, 0.2) is 0 Å². The lowest BCUT2D eigenvalue weighted by Gasteiger charge is -2.29. The van der Waals surface area contributed by atoms with Crippen LogP contribution in [0.1, 0.15) is 30.5 Å². The molecule has 0 spiro atoms. The molecule has 126 valence electrons. The van der Waals surface area contributed by atoms with Gasteiger partial charge in [0.1, 0.15) is 0 Å². The summed E-state index contributed by atoms with van der Waals surface area (Å²) in [5.74, 6) is 0. The molecule has 2 heterocycles. The van der Waals surface area contributed by atoms with Crippen molar-refractivity contribution in [1.82, 2.24) is 24.7 Å². The molecule has 0 aromatic carbocycles. The number of urea groups is 1. The lowest BCUT2D eigenvalue weighted by molar-refractivity contribution is 0.186. The fraction of sp³-hybridized carbons (Fsp3) is 0.688. The zero-order valence-corrected chi connectivity index (χ0v) is 14.1. The summed E-state index contributed by atoms with van der Waals surface area (Å²) in [7, 11) is 5.88. The van der Waals surface area contributed by atoms with Crippen molar-refractivity contribution in [3.05, 3.63) is 27.9 Å². The van der Waals surface area contributed by atoms with Crippen LogP contribution in [-0.2, 0) is 20.0 Å². The maximum Gasteiger partial charge on any atom is 0.317 e. The molecule has 1 aliphatic heterocycles. The summed E-state index contributed by atoms with van der Waals surface area (Å²) in [5, 5.41) is 3.14. The van der Waals surface area contributed by atoms with E-state index in [0.717, 1.165) is 30.5 Å². The molecule has 1 aromatic heterocycles. The molecule has 1 fully saturated rings. The van der Waals surface area contributed by atoms with Crippen LogP contribution < -0.4 is 10.9 Å². The van der Waals surface area contributed by atoms with E-state index in [1.807, 2.05) is 0 Å². The molecule has 7 nitrogen and oxygen atoms in total. The number of aromatic nitrogens is 2. The Morgan fingerprint density at radius 3 is 2.87 bits per heavy atom. The summed E-state index contributed by atoms with van der Waals surface area (Å²) in [5.41, 5.74) is 1.47. The molecule has 2 amide bonds. The van der Waals surface area contributed by atoms with Crippen molar-refractivity contribution in [3.8, 4) is 0 Å². The van der Waals surface area contributed by atoms with Crippen molar-refractivity contribution >= 4 is 6.03 Å². The van der Waals surface area contributed by atoms with Crippen LogP contribution in [0.15, 0.2) is 11.1 Å². The number of nitrogens with zero attached hydrogens (tertiary/aromatic N) is 4. The van der Waals surface area contributed by atoms with Gasteiger partial charge in [-0.15, -0.1) is 0 Å². The van der Waals surface area contributed by atoms with Gasteiger partial charge in [-0.05, 0) is 39.8 Å². The lowest BCUT2D eigenvalue weighted by Crippen LogP contribution is -2.47. The molecular weight excluding hydrogens is 294 g/mol. The summed E-state index contributed by atoms with van der Waals surface area (Å²) in [6.45, 7) is 0.991. The highest BCUT2D eigenvalue weighted by Crippen LogP contribution is 2.23. The van der Waals surface area contributed by atoms with Crippen LogP contribution in [0.3, 0.4) is 0 Å². The molecule has 2 aliphatic rings. The number of hydrogen-bond donors (Lipinski definition) is 1. The van der Waals surface area contributed by atoms with Crippen molar-refractivity contribution in [3.63, 3.8) is 0 Å². The van der Waals surface area contributed by atoms with E-state index < -0.39 is 0 Å². The van der Waals surface area contributed by atoms with E-state index in [1.165, 1.54) is 10.9 Å². The molecule has 0 saturated heterocycles. The third kappa shape index (κ3) is 3.24. The molecule has 1 saturated carbocycles. The van der Waals surface area contributed by atoms with Gasteiger partial charge in [-0.25, -0.2) is 9.78 Å². The van der Waals surface area contributed by atoms with E-state index in [0.29, 0.717) is 25.6 Å². The number of hydrogen-bond acceptors (Lipinski definition) is 4. The summed E-state index contributed by atoms with van der Waals surface area (Å²) < 4.78 is 1.49. The molecule has 0 unspecified atom stereocenters. The zero-order valence-electron chi connectivity index (χ0n) is 14.1. The minimum absolute atomic E-state index is 0.000300. The first-order valence-electron chi connectivity index (χ1n) is 8.21. The van der Waals surface area contributed by atoms with Crippen molar-refractivity contribution in [2.45, 2.75) is 44.3 Å². The van der Waals surface area contributed by atoms with Gasteiger partial charge in [0.05, 0.1) is 18.6 Å². The number of carbonyl (C=O) groups excluding carboxylic acids is 1. The normalized spacial score (nSPS) is 23.9. The molecule has 1 aromatic rings. The Labute approximate surface area is 136 Å². The quantitative estimate of drug-likeness (QED) is 0.853. The SMILES string of the molecule is CN(C)[C@H]1CC[C@@H](NC(=O)N2CCc3c(ncn(C)c3=O)C2)C1. The molecule has 23 heavy (non-hydrogen) atoms. The summed E-state index contributed by atoms with van der Waals surface area (Å²) in [6.07, 6.45) is 5.26. The second kappa shape index (κ2) is 6.31. The number of carbonyl (C=O) groups is 1. The van der Waals surface area contributed by atoms with Gasteiger partial charge in [0.25, 0.3) is 5.56 Å². The average molecular weight is 319 g/mol. The van der Waals surface area contributed by atoms with Gasteiger partial charge < -0.3 is 19.7 Å². The third-order valence-corrected chi connectivity index (χ3v) is 5.04. The minimum atomic E-state index is -0.0393. The Hall–Kier alpha value is -1.89. The second-order valence-corrected chi connectivity index (χ2v) is 6.83. The summed E-state index contributed by atoms with van der Waals surface area (Å²) >= 11 is 0. The number of rotatable bonds is 2. The van der Waals surface area contributed by atoms with Gasteiger partial charge in [0, 0.05) is 31.2 Å². The van der Waals surface area contributed by atoms with Crippen LogP contribution in [0.5, 0.6) is 0 Å². The van der Waals surface area contributed by atoms with Crippen LogP contribution in [0.4, 0.5) is 4.79 Å². The fourth-order valence-electron chi connectivity index (χ4n) is 3.51. The average Bonchev–Trinajstić information content (AvgIpc) is 2.99. The predicted molar refractivity (Wildman–Crippen MR) is 87.2 cm³/mol. The van der Waals surface area contributed by atoms with Gasteiger partial charge in [-0.2, -0.15) is 0 Å². The molecule has 0 radical (unpaired) electrons. The Kier molecular flexibility index (Phi) is 4.39. The first-order valence-corrected chi connectivity index (χ1v) is 8.21. The number of nitrogens with one attached hydrogen (secondary N) is 1. The molecule has 3 rings (SSSR count). The molecule has 7 heteroatoms. The molecule has 1 aliphatic carbocycles. The predicted octanol–water partition coefficient (Wildman–Crippen LogP) is 0.331. The van der Waals surface area contributed by atoms with Gasteiger partial charge in [-0.3, -0.25) is 4.79 Å². The summed E-state index contributed by atoms with van der Waals surface area (Å²) in [6, 6.07) is 0.752. The highest BCUT2D eigenvalue weighted by molar-refractivity contribution is 5.74. The molecule has 2 atom stereocenters. The van der Waals surface area contributed by atoms with Crippen molar-refractivity contribution < 1.29 is 4.79 Å². The lowest BCUT2D eigenvalue weighted by atomic mass is 10.1. The van der Waals surface area contributed by atoms with Crippen molar-refractivity contribution in [1.29, 1.82) is 0 Å². The van der Waals surface area contributed by atoms with Crippen LogP contribution in [0.25, 0.3) is 0 Å². The van der Waals surface area contributed by atoms with Crippen LogP contribution >= 0.6 is 0 Å². The van der Waals surface area contributed by atoms with E-state index in [9.17, 15) is 9.59 Å². The Balaban J connectivity index is 1.62. The molecule has 0 bridgehead atoms. The molecular formula is C16H25N5O2. The summed E-state index contributed by atoms with van der Waals surface area (Å²) in [4.78, 5) is 32.9. The van der Waals surface area contributed by atoms with Crippen molar-refractivity contribution in [2.24, 2.45) is 7.05 Å². The fourth-order valence-corrected chi connectivity index (χ4v) is 3.51. The highest BCUT2D eigenvalue weighted by Gasteiger charge is 2.30. The number of aryl methyl sites for hydroxylation is 1. The third-order valence-electron chi connectivity index (χ3n) is 5.04. The first kappa shape index (κ1) is 16.0. The van der Waals surface area contributed by atoms with E-state index in [1.54, 1.807) is 11.9 Å². The van der Waals surface area contributed by atoms with Crippen molar-refractivity contribution in [2.75, 3.05) is 20.6 Å². The van der Waals surface area contributed by atoms with Gasteiger partial charge in [-0.1, -0.05) is 0 Å². The number of amides is 2.